The van der Waals surface area contributed by atoms with Crippen LogP contribution in [0.1, 0.15) is 33.6 Å². The number of aromatic nitrogens is 2. The molecule has 0 saturated carbocycles. The van der Waals surface area contributed by atoms with Crippen LogP contribution in [0.4, 0.5) is 5.69 Å². The van der Waals surface area contributed by atoms with Crippen molar-refractivity contribution < 1.29 is 13.2 Å². The second-order valence-electron chi connectivity index (χ2n) is 6.40. The first kappa shape index (κ1) is 19.2. The summed E-state index contributed by atoms with van der Waals surface area (Å²) in [5.41, 5.74) is 0.690. The first-order chi connectivity index (χ1) is 13.5. The molecule has 1 aliphatic rings. The second kappa shape index (κ2) is 8.08. The fourth-order valence-electron chi connectivity index (χ4n) is 3.10. The molecule has 1 saturated heterocycles. The van der Waals surface area contributed by atoms with E-state index in [1.54, 1.807) is 29.6 Å². The minimum absolute atomic E-state index is 0.0562. The average Bonchev–Trinajstić information content (AvgIpc) is 3.41. The molecule has 7 nitrogen and oxygen atoms in total. The lowest BCUT2D eigenvalue weighted by atomic mass is 10.0. The molecular weight excluding hydrogens is 416 g/mol. The Morgan fingerprint density at radius 2 is 1.96 bits per heavy atom. The van der Waals surface area contributed by atoms with Gasteiger partial charge < -0.3 is 5.32 Å². The normalized spacial score (nSPS) is 18.1. The van der Waals surface area contributed by atoms with Crippen molar-refractivity contribution >= 4 is 44.3 Å². The van der Waals surface area contributed by atoms with Crippen LogP contribution in [0.25, 0.3) is 0 Å². The van der Waals surface area contributed by atoms with Crippen LogP contribution in [0.3, 0.4) is 0 Å². The molecule has 10 heteroatoms. The van der Waals surface area contributed by atoms with Gasteiger partial charge in [0.25, 0.3) is 15.9 Å². The summed E-state index contributed by atoms with van der Waals surface area (Å²) in [6, 6.07) is 12.5. The summed E-state index contributed by atoms with van der Waals surface area (Å²) in [6.07, 6.45) is 1.58. The highest BCUT2D eigenvalue weighted by molar-refractivity contribution is 7.91. The number of para-hydroxylation sites is 1. The number of carbonyl (C=O) groups excluding carboxylic acids is 1. The largest absolute Gasteiger partial charge is 0.320 e. The van der Waals surface area contributed by atoms with Gasteiger partial charge in [0.15, 0.2) is 0 Å². The number of piperidine rings is 1. The molecule has 1 fully saturated rings. The minimum Gasteiger partial charge on any atom is -0.320 e. The number of nitrogens with one attached hydrogen (secondary N) is 1. The maximum absolute atomic E-state index is 12.8. The lowest BCUT2D eigenvalue weighted by molar-refractivity contribution is 0.102. The molecule has 0 aliphatic carbocycles. The molecule has 146 valence electrons. The minimum atomic E-state index is -3.48. The average molecular weight is 435 g/mol. The van der Waals surface area contributed by atoms with E-state index in [0.717, 1.165) is 12.8 Å². The molecule has 1 aromatic carbocycles. The van der Waals surface area contributed by atoms with Crippen LogP contribution < -0.4 is 5.32 Å². The summed E-state index contributed by atoms with van der Waals surface area (Å²) in [5.74, 6) is -0.368. The van der Waals surface area contributed by atoms with Gasteiger partial charge in [0, 0.05) is 24.7 Å². The number of benzene rings is 1. The number of hydrogen-bond acceptors (Lipinski definition) is 7. The third kappa shape index (κ3) is 4.00. The fourth-order valence-corrected chi connectivity index (χ4v) is 6.63. The molecule has 4 rings (SSSR count). The molecule has 0 bridgehead atoms. The number of rotatable bonds is 5. The van der Waals surface area contributed by atoms with Crippen molar-refractivity contribution in [3.8, 4) is 0 Å². The first-order valence-electron chi connectivity index (χ1n) is 8.77. The third-order valence-corrected chi connectivity index (χ3v) is 8.81. The van der Waals surface area contributed by atoms with Gasteiger partial charge in [-0.3, -0.25) is 4.79 Å². The van der Waals surface area contributed by atoms with Gasteiger partial charge in [-0.1, -0.05) is 35.6 Å². The van der Waals surface area contributed by atoms with Crippen molar-refractivity contribution in [2.75, 3.05) is 18.4 Å². The highest BCUT2D eigenvalue weighted by Gasteiger charge is 2.33. The Hall–Kier alpha value is -2.14. The Kier molecular flexibility index (Phi) is 5.54. The second-order valence-corrected chi connectivity index (χ2v) is 10.5. The summed E-state index contributed by atoms with van der Waals surface area (Å²) in [5, 5.41) is 13.7. The van der Waals surface area contributed by atoms with Crippen molar-refractivity contribution in [1.82, 2.24) is 14.5 Å². The number of hydrogen-bond donors (Lipinski definition) is 1. The predicted molar refractivity (Wildman–Crippen MR) is 109 cm³/mol. The van der Waals surface area contributed by atoms with E-state index in [4.69, 9.17) is 0 Å². The molecule has 2 aromatic heterocycles. The molecule has 0 radical (unpaired) electrons. The van der Waals surface area contributed by atoms with Crippen LogP contribution in [-0.4, -0.2) is 41.9 Å². The van der Waals surface area contributed by atoms with Crippen LogP contribution in [0.5, 0.6) is 0 Å². The Balaban J connectivity index is 1.47. The summed E-state index contributed by atoms with van der Waals surface area (Å²) >= 11 is 2.45. The number of carbonyl (C=O) groups is 1. The molecule has 1 N–H and O–H groups in total. The maximum Gasteiger partial charge on any atom is 0.286 e. The van der Waals surface area contributed by atoms with E-state index >= 15 is 0 Å². The molecular formula is C18H18N4O3S3. The van der Waals surface area contributed by atoms with Gasteiger partial charge in [-0.25, -0.2) is 8.42 Å². The molecule has 1 aliphatic heterocycles. The molecule has 1 atom stereocenters. The lowest BCUT2D eigenvalue weighted by Gasteiger charge is -2.30. The topological polar surface area (TPSA) is 92.3 Å². The van der Waals surface area contributed by atoms with E-state index in [-0.39, 0.29) is 16.8 Å². The van der Waals surface area contributed by atoms with E-state index in [1.807, 2.05) is 18.2 Å². The van der Waals surface area contributed by atoms with Crippen LogP contribution in [0, 0.1) is 0 Å². The highest BCUT2D eigenvalue weighted by atomic mass is 32.2. The van der Waals surface area contributed by atoms with Gasteiger partial charge in [0.1, 0.15) is 9.22 Å². The van der Waals surface area contributed by atoms with Gasteiger partial charge in [-0.15, -0.1) is 21.5 Å². The quantitative estimate of drug-likeness (QED) is 0.664. The zero-order valence-electron chi connectivity index (χ0n) is 14.8. The Morgan fingerprint density at radius 3 is 2.71 bits per heavy atom. The molecule has 3 aromatic rings. The van der Waals surface area contributed by atoms with Gasteiger partial charge in [0.05, 0.1) is 0 Å². The zero-order valence-corrected chi connectivity index (χ0v) is 17.3. The van der Waals surface area contributed by atoms with Crippen molar-refractivity contribution in [2.24, 2.45) is 0 Å². The molecule has 1 amide bonds. The summed E-state index contributed by atoms with van der Waals surface area (Å²) in [7, 11) is -3.48. The Labute approximate surface area is 171 Å². The van der Waals surface area contributed by atoms with Crippen LogP contribution >= 0.6 is 22.7 Å². The fraction of sp³-hybridized carbons (Fsp3) is 0.278. The summed E-state index contributed by atoms with van der Waals surface area (Å²) in [6.45, 7) is 0.853. The molecule has 0 spiro atoms. The summed E-state index contributed by atoms with van der Waals surface area (Å²) < 4.78 is 27.4. The zero-order chi connectivity index (χ0) is 19.6. The van der Waals surface area contributed by atoms with E-state index in [2.05, 4.69) is 15.5 Å². The number of thiophene rings is 1. The Morgan fingerprint density at radius 1 is 1.14 bits per heavy atom. The van der Waals surface area contributed by atoms with Gasteiger partial charge in [-0.2, -0.15) is 4.31 Å². The van der Waals surface area contributed by atoms with Crippen molar-refractivity contribution in [1.29, 1.82) is 0 Å². The van der Waals surface area contributed by atoms with Crippen LogP contribution in [0.2, 0.25) is 0 Å². The lowest BCUT2D eigenvalue weighted by Crippen LogP contribution is -2.38. The van der Waals surface area contributed by atoms with Crippen LogP contribution in [0.15, 0.2) is 52.1 Å². The van der Waals surface area contributed by atoms with E-state index in [0.29, 0.717) is 28.0 Å². The molecule has 28 heavy (non-hydrogen) atoms. The monoisotopic (exact) mass is 434 g/mol. The highest BCUT2D eigenvalue weighted by Crippen LogP contribution is 2.32. The van der Waals surface area contributed by atoms with E-state index in [9.17, 15) is 13.2 Å². The Bertz CT molecular complexity index is 1050. The van der Waals surface area contributed by atoms with Crippen molar-refractivity contribution in [2.45, 2.75) is 23.0 Å². The van der Waals surface area contributed by atoms with E-state index < -0.39 is 10.0 Å². The number of anilines is 1. The van der Waals surface area contributed by atoms with Gasteiger partial charge in [-0.05, 0) is 36.4 Å². The van der Waals surface area contributed by atoms with Gasteiger partial charge >= 0.3 is 0 Å². The number of sulfonamides is 1. The maximum atomic E-state index is 12.8. The van der Waals surface area contributed by atoms with Crippen molar-refractivity contribution in [3.63, 3.8) is 0 Å². The standard InChI is InChI=1S/C18H18N4O3S3/c23-16(19-14-7-2-1-3-8-14)18-21-20-17(27-18)13-6-4-10-22(12-13)28(24,25)15-9-5-11-26-15/h1-3,5,7-9,11,13H,4,6,10,12H2,(H,19,23)/t13-/m0/s1. The van der Waals surface area contributed by atoms with E-state index in [1.165, 1.54) is 27.0 Å². The SMILES string of the molecule is O=C(Nc1ccccc1)c1nnc([C@H]2CCCN(S(=O)(=O)c3cccs3)C2)s1. The summed E-state index contributed by atoms with van der Waals surface area (Å²) in [4.78, 5) is 12.4. The smallest absolute Gasteiger partial charge is 0.286 e. The predicted octanol–water partition coefficient (Wildman–Crippen LogP) is 3.42. The number of nitrogens with zero attached hydrogens (tertiary/aromatic N) is 3. The first-order valence-corrected chi connectivity index (χ1v) is 11.9. The van der Waals surface area contributed by atoms with Gasteiger partial charge in [0.2, 0.25) is 5.01 Å². The van der Waals surface area contributed by atoms with Crippen LogP contribution in [-0.2, 0) is 10.0 Å². The molecule has 3 heterocycles. The van der Waals surface area contributed by atoms with Crippen molar-refractivity contribution in [3.05, 3.63) is 57.9 Å². The third-order valence-electron chi connectivity index (χ3n) is 4.49. The molecule has 0 unspecified atom stereocenters. The number of amides is 1.